The van der Waals surface area contributed by atoms with Crippen molar-refractivity contribution in [1.29, 1.82) is 0 Å². The van der Waals surface area contributed by atoms with E-state index in [1.54, 1.807) is 0 Å². The van der Waals surface area contributed by atoms with Crippen molar-refractivity contribution in [2.45, 2.75) is 39.0 Å². The standard InChI is InChI=1S/C17H23N3O/c1-10-11(2)21-12(3)16(10)17(20-18)14-8-13-6-4-5-7-15(13)19-9-14/h4-12,16-17,20H,18H2,1-3H3. The molecule has 0 aliphatic carbocycles. The van der Waals surface area contributed by atoms with E-state index in [9.17, 15) is 0 Å². The second-order valence-electron chi connectivity index (χ2n) is 6.09. The molecule has 2 aromatic rings. The van der Waals surface area contributed by atoms with Crippen molar-refractivity contribution in [3.05, 3.63) is 42.1 Å². The lowest BCUT2D eigenvalue weighted by molar-refractivity contribution is 0.0475. The number of hydrogen-bond donors (Lipinski definition) is 2. The van der Waals surface area contributed by atoms with Gasteiger partial charge in [0.1, 0.15) is 0 Å². The average molecular weight is 285 g/mol. The molecule has 21 heavy (non-hydrogen) atoms. The SMILES string of the molecule is CC1OC(C)C(C(NN)c2cnc3ccccc3c2)C1C. The summed E-state index contributed by atoms with van der Waals surface area (Å²) in [6, 6.07) is 10.4. The summed E-state index contributed by atoms with van der Waals surface area (Å²) in [4.78, 5) is 4.55. The van der Waals surface area contributed by atoms with Crippen LogP contribution in [0.3, 0.4) is 0 Å². The summed E-state index contributed by atoms with van der Waals surface area (Å²) in [5.41, 5.74) is 5.12. The molecular formula is C17H23N3O. The Hall–Kier alpha value is -1.49. The van der Waals surface area contributed by atoms with E-state index >= 15 is 0 Å². The molecule has 0 bridgehead atoms. The van der Waals surface area contributed by atoms with Gasteiger partial charge in [-0.1, -0.05) is 25.1 Å². The molecule has 3 N–H and O–H groups in total. The predicted octanol–water partition coefficient (Wildman–Crippen LogP) is 2.80. The second kappa shape index (κ2) is 5.72. The minimum absolute atomic E-state index is 0.0528. The first-order valence-corrected chi connectivity index (χ1v) is 7.58. The molecule has 5 atom stereocenters. The van der Waals surface area contributed by atoms with Crippen LogP contribution >= 0.6 is 0 Å². The van der Waals surface area contributed by atoms with E-state index in [0.717, 1.165) is 16.5 Å². The topological polar surface area (TPSA) is 60.2 Å². The maximum Gasteiger partial charge on any atom is 0.0702 e. The van der Waals surface area contributed by atoms with E-state index in [-0.39, 0.29) is 18.2 Å². The summed E-state index contributed by atoms with van der Waals surface area (Å²) >= 11 is 0. The van der Waals surface area contributed by atoms with Gasteiger partial charge < -0.3 is 4.74 Å². The monoisotopic (exact) mass is 285 g/mol. The highest BCUT2D eigenvalue weighted by molar-refractivity contribution is 5.78. The van der Waals surface area contributed by atoms with E-state index < -0.39 is 0 Å². The van der Waals surface area contributed by atoms with Crippen LogP contribution in [0.15, 0.2) is 36.5 Å². The third-order valence-corrected chi connectivity index (χ3v) is 4.85. The van der Waals surface area contributed by atoms with Gasteiger partial charge in [0.25, 0.3) is 0 Å². The number of benzene rings is 1. The molecule has 112 valence electrons. The van der Waals surface area contributed by atoms with Crippen LogP contribution in [0.25, 0.3) is 10.9 Å². The average Bonchev–Trinajstić information content (AvgIpc) is 2.74. The molecule has 1 fully saturated rings. The van der Waals surface area contributed by atoms with Gasteiger partial charge in [0.05, 0.1) is 23.8 Å². The molecule has 0 spiro atoms. The number of pyridine rings is 1. The molecule has 3 rings (SSSR count). The Morgan fingerprint density at radius 2 is 1.95 bits per heavy atom. The zero-order valence-corrected chi connectivity index (χ0v) is 12.8. The summed E-state index contributed by atoms with van der Waals surface area (Å²) in [6.07, 6.45) is 2.37. The van der Waals surface area contributed by atoms with Crippen molar-refractivity contribution in [3.63, 3.8) is 0 Å². The van der Waals surface area contributed by atoms with Gasteiger partial charge in [-0.25, -0.2) is 0 Å². The number of para-hydroxylation sites is 1. The van der Waals surface area contributed by atoms with Gasteiger partial charge in [0.15, 0.2) is 0 Å². The molecule has 1 aliphatic rings. The van der Waals surface area contributed by atoms with Crippen molar-refractivity contribution in [2.75, 3.05) is 0 Å². The second-order valence-corrected chi connectivity index (χ2v) is 6.09. The van der Waals surface area contributed by atoms with Crippen LogP contribution in [-0.4, -0.2) is 17.2 Å². The third kappa shape index (κ3) is 2.55. The highest BCUT2D eigenvalue weighted by Gasteiger charge is 2.42. The van der Waals surface area contributed by atoms with Crippen LogP contribution in [-0.2, 0) is 4.74 Å². The van der Waals surface area contributed by atoms with E-state index in [1.165, 1.54) is 0 Å². The van der Waals surface area contributed by atoms with Gasteiger partial charge in [0, 0.05) is 17.5 Å². The van der Waals surface area contributed by atoms with Gasteiger partial charge in [0.2, 0.25) is 0 Å². The molecule has 1 aromatic carbocycles. The normalized spacial score (nSPS) is 30.7. The van der Waals surface area contributed by atoms with Crippen molar-refractivity contribution in [2.24, 2.45) is 17.7 Å². The summed E-state index contributed by atoms with van der Waals surface area (Å²) in [6.45, 7) is 6.49. The number of nitrogens with one attached hydrogen (secondary N) is 1. The number of nitrogens with two attached hydrogens (primary N) is 1. The van der Waals surface area contributed by atoms with Gasteiger partial charge in [-0.15, -0.1) is 0 Å². The number of aromatic nitrogens is 1. The number of ether oxygens (including phenoxy) is 1. The van der Waals surface area contributed by atoms with Crippen molar-refractivity contribution in [1.82, 2.24) is 10.4 Å². The van der Waals surface area contributed by atoms with Crippen molar-refractivity contribution in [3.8, 4) is 0 Å². The minimum Gasteiger partial charge on any atom is -0.375 e. The summed E-state index contributed by atoms with van der Waals surface area (Å²) < 4.78 is 5.96. The van der Waals surface area contributed by atoms with E-state index in [4.69, 9.17) is 10.6 Å². The Morgan fingerprint density at radius 3 is 2.62 bits per heavy atom. The Morgan fingerprint density at radius 1 is 1.19 bits per heavy atom. The van der Waals surface area contributed by atoms with Crippen LogP contribution in [0.4, 0.5) is 0 Å². The zero-order valence-electron chi connectivity index (χ0n) is 12.8. The number of rotatable bonds is 3. The zero-order chi connectivity index (χ0) is 15.0. The largest absolute Gasteiger partial charge is 0.375 e. The van der Waals surface area contributed by atoms with Crippen LogP contribution in [0.5, 0.6) is 0 Å². The lowest BCUT2D eigenvalue weighted by Gasteiger charge is -2.28. The smallest absolute Gasteiger partial charge is 0.0702 e. The molecule has 5 unspecified atom stereocenters. The highest BCUT2D eigenvalue weighted by atomic mass is 16.5. The predicted molar refractivity (Wildman–Crippen MR) is 84.5 cm³/mol. The number of hydrogen-bond acceptors (Lipinski definition) is 4. The molecule has 0 saturated carbocycles. The highest BCUT2D eigenvalue weighted by Crippen LogP contribution is 2.40. The number of nitrogens with zero attached hydrogens (tertiary/aromatic N) is 1. The first kappa shape index (κ1) is 14.4. The van der Waals surface area contributed by atoms with Gasteiger partial charge in [-0.05, 0) is 37.5 Å². The molecule has 1 saturated heterocycles. The van der Waals surface area contributed by atoms with Gasteiger partial charge >= 0.3 is 0 Å². The molecule has 4 heteroatoms. The van der Waals surface area contributed by atoms with E-state index in [1.807, 2.05) is 24.4 Å². The first-order chi connectivity index (χ1) is 10.1. The Labute approximate surface area is 125 Å². The van der Waals surface area contributed by atoms with Gasteiger partial charge in [-0.3, -0.25) is 16.3 Å². The fourth-order valence-corrected chi connectivity index (χ4v) is 3.56. The molecule has 0 radical (unpaired) electrons. The van der Waals surface area contributed by atoms with Crippen molar-refractivity contribution >= 4 is 10.9 Å². The first-order valence-electron chi connectivity index (χ1n) is 7.58. The maximum absolute atomic E-state index is 5.96. The number of hydrazine groups is 1. The summed E-state index contributed by atoms with van der Waals surface area (Å²) in [7, 11) is 0. The molecule has 1 aliphatic heterocycles. The lowest BCUT2D eigenvalue weighted by atomic mass is 9.81. The maximum atomic E-state index is 5.96. The van der Waals surface area contributed by atoms with Crippen LogP contribution in [0, 0.1) is 11.8 Å². The third-order valence-electron chi connectivity index (χ3n) is 4.85. The number of fused-ring (bicyclic) bond motifs is 1. The lowest BCUT2D eigenvalue weighted by Crippen LogP contribution is -2.38. The summed E-state index contributed by atoms with van der Waals surface area (Å²) in [5.74, 6) is 6.66. The minimum atomic E-state index is 0.0528. The molecular weight excluding hydrogens is 262 g/mol. The quantitative estimate of drug-likeness (QED) is 0.672. The van der Waals surface area contributed by atoms with E-state index in [2.05, 4.69) is 43.3 Å². The summed E-state index contributed by atoms with van der Waals surface area (Å²) in [5, 5.41) is 1.14. The molecule has 0 amide bonds. The van der Waals surface area contributed by atoms with Crippen LogP contribution in [0.1, 0.15) is 32.4 Å². The Bertz CT molecular complexity index is 630. The van der Waals surface area contributed by atoms with Crippen LogP contribution in [0.2, 0.25) is 0 Å². The van der Waals surface area contributed by atoms with Crippen LogP contribution < -0.4 is 11.3 Å². The Balaban J connectivity index is 1.98. The van der Waals surface area contributed by atoms with Gasteiger partial charge in [-0.2, -0.15) is 0 Å². The fraction of sp³-hybridized carbons (Fsp3) is 0.471. The van der Waals surface area contributed by atoms with Crippen molar-refractivity contribution < 1.29 is 4.74 Å². The Kier molecular flexibility index (Phi) is 3.93. The molecule has 1 aromatic heterocycles. The van der Waals surface area contributed by atoms with E-state index in [0.29, 0.717) is 11.8 Å². The molecule has 4 nitrogen and oxygen atoms in total. The molecule has 2 heterocycles. The fourth-order valence-electron chi connectivity index (χ4n) is 3.56.